The number of nitrogen functional groups attached to an aromatic ring is 1. The molecule has 1 aliphatic heterocycles. The molecule has 0 spiro atoms. The van der Waals surface area contributed by atoms with E-state index in [-0.39, 0.29) is 0 Å². The molecule has 0 unspecified atom stereocenters. The molecule has 1 fully saturated rings. The van der Waals surface area contributed by atoms with Crippen LogP contribution in [0.5, 0.6) is 5.75 Å². The number of anilines is 2. The molecule has 0 amide bonds. The maximum Gasteiger partial charge on any atom is 0.161 e. The Morgan fingerprint density at radius 1 is 1.25 bits per heavy atom. The minimum absolute atomic E-state index is 0.508. The number of nitrogens with two attached hydrogens (primary N) is 1. The highest BCUT2D eigenvalue weighted by Crippen LogP contribution is 2.40. The van der Waals surface area contributed by atoms with E-state index in [9.17, 15) is 0 Å². The highest BCUT2D eigenvalue weighted by Gasteiger charge is 2.24. The topological polar surface area (TPSA) is 68.7 Å². The maximum atomic E-state index is 5.84. The van der Waals surface area contributed by atoms with Crippen molar-refractivity contribution in [3.63, 3.8) is 0 Å². The monoisotopic (exact) mass is 321 g/mol. The first kappa shape index (κ1) is 13.7. The summed E-state index contributed by atoms with van der Waals surface area (Å²) in [5.74, 6) is 2.05. The third-order valence-electron chi connectivity index (χ3n) is 4.75. The van der Waals surface area contributed by atoms with Crippen molar-refractivity contribution in [2.75, 3.05) is 23.8 Å². The Morgan fingerprint density at radius 3 is 3.04 bits per heavy atom. The highest BCUT2D eigenvalue weighted by atomic mass is 16.5. The van der Waals surface area contributed by atoms with E-state index in [1.807, 2.05) is 6.07 Å². The first-order valence-electron chi connectivity index (χ1n) is 8.37. The van der Waals surface area contributed by atoms with Gasteiger partial charge in [0.25, 0.3) is 0 Å². The molecule has 6 nitrogen and oxygen atoms in total. The van der Waals surface area contributed by atoms with Gasteiger partial charge in [0, 0.05) is 18.5 Å². The van der Waals surface area contributed by atoms with E-state index in [1.165, 1.54) is 18.4 Å². The van der Waals surface area contributed by atoms with Crippen LogP contribution in [0.1, 0.15) is 30.0 Å². The second-order valence-corrected chi connectivity index (χ2v) is 6.58. The Hall–Kier alpha value is -2.76. The predicted molar refractivity (Wildman–Crippen MR) is 92.4 cm³/mol. The van der Waals surface area contributed by atoms with Gasteiger partial charge in [-0.3, -0.25) is 0 Å². The Morgan fingerprint density at radius 2 is 2.17 bits per heavy atom. The van der Waals surface area contributed by atoms with Crippen molar-refractivity contribution in [1.82, 2.24) is 14.4 Å². The zero-order valence-corrected chi connectivity index (χ0v) is 13.4. The van der Waals surface area contributed by atoms with Crippen LogP contribution in [0.2, 0.25) is 0 Å². The number of imidazole rings is 1. The summed E-state index contributed by atoms with van der Waals surface area (Å²) in [5, 5.41) is 0. The lowest BCUT2D eigenvalue weighted by molar-refractivity contribution is 0.305. The fraction of sp³-hybridized carbons (Fsp3) is 0.333. The van der Waals surface area contributed by atoms with E-state index in [0.717, 1.165) is 41.8 Å². The van der Waals surface area contributed by atoms with Crippen molar-refractivity contribution in [2.45, 2.75) is 25.3 Å². The van der Waals surface area contributed by atoms with Crippen molar-refractivity contribution in [3.05, 3.63) is 48.0 Å². The Kier molecular flexibility index (Phi) is 2.92. The summed E-state index contributed by atoms with van der Waals surface area (Å²) < 4.78 is 7.81. The van der Waals surface area contributed by atoms with Crippen molar-refractivity contribution < 1.29 is 4.74 Å². The van der Waals surface area contributed by atoms with Gasteiger partial charge in [-0.2, -0.15) is 0 Å². The van der Waals surface area contributed by atoms with Crippen LogP contribution in [0, 0.1) is 0 Å². The second-order valence-electron chi connectivity index (χ2n) is 6.58. The summed E-state index contributed by atoms with van der Waals surface area (Å²) in [7, 11) is 0. The largest absolute Gasteiger partial charge is 0.488 e. The van der Waals surface area contributed by atoms with Gasteiger partial charge in [0.05, 0.1) is 30.7 Å². The minimum Gasteiger partial charge on any atom is -0.488 e. The molecule has 0 saturated heterocycles. The van der Waals surface area contributed by atoms with Crippen LogP contribution in [0.15, 0.2) is 36.8 Å². The zero-order chi connectivity index (χ0) is 16.1. The van der Waals surface area contributed by atoms with Gasteiger partial charge < -0.3 is 19.8 Å². The molecule has 0 atom stereocenters. The normalized spacial score (nSPS) is 16.9. The van der Waals surface area contributed by atoms with E-state index < -0.39 is 0 Å². The lowest BCUT2D eigenvalue weighted by Gasteiger charge is -2.30. The highest BCUT2D eigenvalue weighted by molar-refractivity contribution is 5.63. The van der Waals surface area contributed by atoms with Gasteiger partial charge in [-0.05, 0) is 30.4 Å². The number of rotatable bonds is 3. The fourth-order valence-corrected chi connectivity index (χ4v) is 3.35. The van der Waals surface area contributed by atoms with Crippen LogP contribution in [0.4, 0.5) is 11.5 Å². The number of hydrogen-bond donors (Lipinski definition) is 1. The molecule has 2 N–H and O–H groups in total. The lowest BCUT2D eigenvalue weighted by atomic mass is 10.2. The third kappa shape index (κ3) is 2.35. The SMILES string of the molecule is Nc1cc2c(cn1)OCCN2Cc1cn2cc(C3CC3)ccc2n1. The van der Waals surface area contributed by atoms with Crippen LogP contribution in [0.3, 0.4) is 0 Å². The molecule has 0 aromatic carbocycles. The Bertz CT molecular complexity index is 915. The number of pyridine rings is 2. The van der Waals surface area contributed by atoms with Crippen LogP contribution in [0.25, 0.3) is 5.65 Å². The molecular weight excluding hydrogens is 302 g/mol. The zero-order valence-electron chi connectivity index (χ0n) is 13.4. The minimum atomic E-state index is 0.508. The van der Waals surface area contributed by atoms with E-state index >= 15 is 0 Å². The van der Waals surface area contributed by atoms with E-state index in [0.29, 0.717) is 12.4 Å². The molecule has 0 radical (unpaired) electrons. The average molecular weight is 321 g/mol. The molecule has 1 saturated carbocycles. The van der Waals surface area contributed by atoms with Crippen LogP contribution >= 0.6 is 0 Å². The first-order chi connectivity index (χ1) is 11.8. The molecule has 122 valence electrons. The molecule has 4 heterocycles. The summed E-state index contributed by atoms with van der Waals surface area (Å²) in [6.07, 6.45) is 8.67. The molecule has 0 bridgehead atoms. The number of aromatic nitrogens is 3. The molecule has 1 aliphatic carbocycles. The summed E-state index contributed by atoms with van der Waals surface area (Å²) >= 11 is 0. The smallest absolute Gasteiger partial charge is 0.161 e. The van der Waals surface area contributed by atoms with Gasteiger partial charge in [0.1, 0.15) is 18.1 Å². The van der Waals surface area contributed by atoms with Crippen LogP contribution in [-0.2, 0) is 6.54 Å². The summed E-state index contributed by atoms with van der Waals surface area (Å²) in [4.78, 5) is 11.1. The lowest BCUT2D eigenvalue weighted by Crippen LogP contribution is -2.32. The molecule has 2 aliphatic rings. The van der Waals surface area contributed by atoms with E-state index in [4.69, 9.17) is 15.5 Å². The number of nitrogens with zero attached hydrogens (tertiary/aromatic N) is 4. The molecule has 3 aromatic rings. The third-order valence-corrected chi connectivity index (χ3v) is 4.75. The second kappa shape index (κ2) is 5.12. The van der Waals surface area contributed by atoms with Gasteiger partial charge in [-0.25, -0.2) is 9.97 Å². The molecular formula is C18H19N5O. The Labute approximate surface area is 139 Å². The summed E-state index contributed by atoms with van der Waals surface area (Å²) in [6.45, 7) is 2.20. The van der Waals surface area contributed by atoms with Gasteiger partial charge >= 0.3 is 0 Å². The standard InChI is InChI=1S/C18H19N5O/c19-17-7-15-16(8-20-17)24-6-5-22(15)10-14-11-23-9-13(12-1-2-12)3-4-18(23)21-14/h3-4,7-9,11-12H,1-2,5-6,10H2,(H2,19,20). The van der Waals surface area contributed by atoms with Gasteiger partial charge in [0.15, 0.2) is 5.75 Å². The molecule has 6 heteroatoms. The number of hydrogen-bond acceptors (Lipinski definition) is 5. The number of fused-ring (bicyclic) bond motifs is 2. The predicted octanol–water partition coefficient (Wildman–Crippen LogP) is 2.59. The number of ether oxygens (including phenoxy) is 1. The maximum absolute atomic E-state index is 5.84. The van der Waals surface area contributed by atoms with E-state index in [2.05, 4.69) is 38.8 Å². The van der Waals surface area contributed by atoms with Gasteiger partial charge in [0.2, 0.25) is 0 Å². The molecule has 3 aromatic heterocycles. The molecule has 24 heavy (non-hydrogen) atoms. The average Bonchev–Trinajstić information content (AvgIpc) is 3.35. The first-order valence-corrected chi connectivity index (χ1v) is 8.37. The molecule has 5 rings (SSSR count). The van der Waals surface area contributed by atoms with Gasteiger partial charge in [-0.15, -0.1) is 0 Å². The summed E-state index contributed by atoms with van der Waals surface area (Å²) in [5.41, 5.74) is 10.3. The fourth-order valence-electron chi connectivity index (χ4n) is 3.35. The summed E-state index contributed by atoms with van der Waals surface area (Å²) in [6, 6.07) is 6.20. The van der Waals surface area contributed by atoms with Crippen molar-refractivity contribution in [2.24, 2.45) is 0 Å². The van der Waals surface area contributed by atoms with Crippen LogP contribution in [-0.4, -0.2) is 27.5 Å². The van der Waals surface area contributed by atoms with E-state index in [1.54, 1.807) is 6.20 Å². The van der Waals surface area contributed by atoms with Gasteiger partial charge in [-0.1, -0.05) is 6.07 Å². The Balaban J connectivity index is 1.46. The quantitative estimate of drug-likeness (QED) is 0.803. The van der Waals surface area contributed by atoms with Crippen molar-refractivity contribution in [3.8, 4) is 5.75 Å². The van der Waals surface area contributed by atoms with Crippen molar-refractivity contribution >= 4 is 17.2 Å². The van der Waals surface area contributed by atoms with Crippen molar-refractivity contribution in [1.29, 1.82) is 0 Å². The van der Waals surface area contributed by atoms with Crippen LogP contribution < -0.4 is 15.4 Å².